The van der Waals surface area contributed by atoms with Crippen LogP contribution in [0.3, 0.4) is 0 Å². The Bertz CT molecular complexity index is 364. The highest BCUT2D eigenvalue weighted by molar-refractivity contribution is 5.77. The first-order chi connectivity index (χ1) is 8.15. The van der Waals surface area contributed by atoms with Crippen molar-refractivity contribution in [2.75, 3.05) is 19.7 Å². The van der Waals surface area contributed by atoms with Crippen molar-refractivity contribution < 1.29 is 9.53 Å². The molecule has 4 nitrogen and oxygen atoms in total. The Morgan fingerprint density at radius 1 is 1.41 bits per heavy atom. The van der Waals surface area contributed by atoms with E-state index in [0.29, 0.717) is 19.0 Å². The number of carbonyl (C=O) groups is 1. The van der Waals surface area contributed by atoms with Crippen molar-refractivity contribution in [3.63, 3.8) is 0 Å². The van der Waals surface area contributed by atoms with Crippen molar-refractivity contribution in [1.82, 2.24) is 5.32 Å². The number of hydrogen-bond acceptors (Lipinski definition) is 3. The molecule has 0 aliphatic rings. The highest BCUT2D eigenvalue weighted by Crippen LogP contribution is 2.25. The SMILES string of the molecule is CC(C)c1ccccc1OCC(=O)NCCN. The molecule has 94 valence electrons. The van der Waals surface area contributed by atoms with E-state index in [1.807, 2.05) is 24.3 Å². The number of rotatable bonds is 6. The van der Waals surface area contributed by atoms with Gasteiger partial charge in [0.15, 0.2) is 6.61 Å². The summed E-state index contributed by atoms with van der Waals surface area (Å²) in [6.07, 6.45) is 0. The van der Waals surface area contributed by atoms with Crippen molar-refractivity contribution >= 4 is 5.91 Å². The molecule has 1 aromatic carbocycles. The summed E-state index contributed by atoms with van der Waals surface area (Å²) >= 11 is 0. The summed E-state index contributed by atoms with van der Waals surface area (Å²) in [4.78, 5) is 11.4. The summed E-state index contributed by atoms with van der Waals surface area (Å²) in [5.41, 5.74) is 6.40. The van der Waals surface area contributed by atoms with Gasteiger partial charge in [-0.1, -0.05) is 32.0 Å². The molecule has 0 saturated heterocycles. The zero-order valence-electron chi connectivity index (χ0n) is 10.4. The predicted octanol–water partition coefficient (Wildman–Crippen LogP) is 1.26. The molecule has 0 saturated carbocycles. The second-order valence-corrected chi connectivity index (χ2v) is 4.12. The normalized spacial score (nSPS) is 10.4. The average Bonchev–Trinajstić information content (AvgIpc) is 2.34. The fraction of sp³-hybridized carbons (Fsp3) is 0.462. The number of nitrogens with one attached hydrogen (secondary N) is 1. The molecule has 1 amide bonds. The van der Waals surface area contributed by atoms with Crippen LogP contribution in [0.15, 0.2) is 24.3 Å². The maximum Gasteiger partial charge on any atom is 0.257 e. The Morgan fingerprint density at radius 2 is 2.12 bits per heavy atom. The van der Waals surface area contributed by atoms with E-state index in [0.717, 1.165) is 11.3 Å². The summed E-state index contributed by atoms with van der Waals surface area (Å²) in [5, 5.41) is 2.66. The van der Waals surface area contributed by atoms with Crippen molar-refractivity contribution in [2.24, 2.45) is 5.73 Å². The maximum atomic E-state index is 11.4. The Morgan fingerprint density at radius 3 is 2.76 bits per heavy atom. The summed E-state index contributed by atoms with van der Waals surface area (Å²) in [5.74, 6) is 0.998. The van der Waals surface area contributed by atoms with Crippen LogP contribution in [-0.4, -0.2) is 25.6 Å². The lowest BCUT2D eigenvalue weighted by molar-refractivity contribution is -0.123. The van der Waals surface area contributed by atoms with Crippen molar-refractivity contribution in [1.29, 1.82) is 0 Å². The van der Waals surface area contributed by atoms with Crippen LogP contribution in [0.4, 0.5) is 0 Å². The van der Waals surface area contributed by atoms with Crippen LogP contribution in [0.5, 0.6) is 5.75 Å². The lowest BCUT2D eigenvalue weighted by Crippen LogP contribution is -2.33. The number of ether oxygens (including phenoxy) is 1. The third kappa shape index (κ3) is 4.44. The van der Waals surface area contributed by atoms with Gasteiger partial charge < -0.3 is 15.8 Å². The van der Waals surface area contributed by atoms with Gasteiger partial charge in [0.2, 0.25) is 0 Å². The van der Waals surface area contributed by atoms with Gasteiger partial charge in [0.1, 0.15) is 5.75 Å². The minimum Gasteiger partial charge on any atom is -0.483 e. The zero-order valence-corrected chi connectivity index (χ0v) is 10.4. The van der Waals surface area contributed by atoms with E-state index in [2.05, 4.69) is 19.2 Å². The largest absolute Gasteiger partial charge is 0.483 e. The molecule has 17 heavy (non-hydrogen) atoms. The van der Waals surface area contributed by atoms with Gasteiger partial charge >= 0.3 is 0 Å². The van der Waals surface area contributed by atoms with E-state index in [-0.39, 0.29) is 12.5 Å². The molecule has 0 unspecified atom stereocenters. The Kier molecular flexibility index (Phi) is 5.49. The van der Waals surface area contributed by atoms with E-state index in [1.54, 1.807) is 0 Å². The molecule has 4 heteroatoms. The van der Waals surface area contributed by atoms with E-state index >= 15 is 0 Å². The zero-order chi connectivity index (χ0) is 12.7. The molecule has 1 aromatic rings. The van der Waals surface area contributed by atoms with Crippen LogP contribution in [0, 0.1) is 0 Å². The smallest absolute Gasteiger partial charge is 0.257 e. The number of benzene rings is 1. The summed E-state index contributed by atoms with van der Waals surface area (Å²) < 4.78 is 5.50. The van der Waals surface area contributed by atoms with Crippen molar-refractivity contribution in [2.45, 2.75) is 19.8 Å². The van der Waals surface area contributed by atoms with Crippen LogP contribution >= 0.6 is 0 Å². The summed E-state index contributed by atoms with van der Waals surface area (Å²) in [6, 6.07) is 7.76. The molecule has 0 aliphatic carbocycles. The standard InChI is InChI=1S/C13H20N2O2/c1-10(2)11-5-3-4-6-12(11)17-9-13(16)15-8-7-14/h3-6,10H,7-9,14H2,1-2H3,(H,15,16). The summed E-state index contributed by atoms with van der Waals surface area (Å²) in [7, 11) is 0. The fourth-order valence-electron chi connectivity index (χ4n) is 1.49. The second kappa shape index (κ2) is 6.91. The number of hydrogen-bond donors (Lipinski definition) is 2. The Hall–Kier alpha value is -1.55. The highest BCUT2D eigenvalue weighted by Gasteiger charge is 2.08. The lowest BCUT2D eigenvalue weighted by Gasteiger charge is -2.13. The number of amides is 1. The van der Waals surface area contributed by atoms with E-state index in [9.17, 15) is 4.79 Å². The highest BCUT2D eigenvalue weighted by atomic mass is 16.5. The second-order valence-electron chi connectivity index (χ2n) is 4.12. The maximum absolute atomic E-state index is 11.4. The van der Waals surface area contributed by atoms with Crippen molar-refractivity contribution in [3.8, 4) is 5.75 Å². The third-order valence-electron chi connectivity index (χ3n) is 2.37. The molecule has 0 atom stereocenters. The molecule has 0 bridgehead atoms. The van der Waals surface area contributed by atoms with Gasteiger partial charge in [0.05, 0.1) is 0 Å². The number of para-hydroxylation sites is 1. The first kappa shape index (κ1) is 13.5. The number of carbonyl (C=O) groups excluding carboxylic acids is 1. The molecule has 3 N–H and O–H groups in total. The van der Waals surface area contributed by atoms with E-state index < -0.39 is 0 Å². The molecule has 0 radical (unpaired) electrons. The van der Waals surface area contributed by atoms with Gasteiger partial charge in [-0.05, 0) is 17.5 Å². The topological polar surface area (TPSA) is 64.3 Å². The molecular formula is C13H20N2O2. The van der Waals surface area contributed by atoms with Gasteiger partial charge in [0, 0.05) is 13.1 Å². The monoisotopic (exact) mass is 236 g/mol. The molecule has 0 fully saturated rings. The molecule has 1 rings (SSSR count). The van der Waals surface area contributed by atoms with Crippen molar-refractivity contribution in [3.05, 3.63) is 29.8 Å². The fourth-order valence-corrected chi connectivity index (χ4v) is 1.49. The van der Waals surface area contributed by atoms with E-state index in [4.69, 9.17) is 10.5 Å². The van der Waals surface area contributed by atoms with Gasteiger partial charge in [-0.2, -0.15) is 0 Å². The Labute approximate surface area is 102 Å². The minimum absolute atomic E-state index is 0.0315. The first-order valence-corrected chi connectivity index (χ1v) is 5.83. The lowest BCUT2D eigenvalue weighted by atomic mass is 10.0. The number of nitrogens with two attached hydrogens (primary N) is 1. The van der Waals surface area contributed by atoms with Gasteiger partial charge in [-0.25, -0.2) is 0 Å². The third-order valence-corrected chi connectivity index (χ3v) is 2.37. The molecule has 0 spiro atoms. The molecule has 0 aromatic heterocycles. The van der Waals surface area contributed by atoms with Crippen LogP contribution in [0.25, 0.3) is 0 Å². The van der Waals surface area contributed by atoms with Gasteiger partial charge in [-0.3, -0.25) is 4.79 Å². The van der Waals surface area contributed by atoms with Crippen LogP contribution in [-0.2, 0) is 4.79 Å². The first-order valence-electron chi connectivity index (χ1n) is 5.83. The molecule has 0 aliphatic heterocycles. The summed E-state index contributed by atoms with van der Waals surface area (Å²) in [6.45, 7) is 5.14. The van der Waals surface area contributed by atoms with Gasteiger partial charge in [0.25, 0.3) is 5.91 Å². The molecular weight excluding hydrogens is 216 g/mol. The van der Waals surface area contributed by atoms with Crippen LogP contribution in [0.2, 0.25) is 0 Å². The quantitative estimate of drug-likeness (QED) is 0.781. The predicted molar refractivity (Wildman–Crippen MR) is 68.1 cm³/mol. The van der Waals surface area contributed by atoms with Crippen LogP contribution < -0.4 is 15.8 Å². The van der Waals surface area contributed by atoms with E-state index in [1.165, 1.54) is 0 Å². The Balaban J connectivity index is 2.54. The van der Waals surface area contributed by atoms with Gasteiger partial charge in [-0.15, -0.1) is 0 Å². The average molecular weight is 236 g/mol. The molecule has 0 heterocycles. The van der Waals surface area contributed by atoms with Crippen LogP contribution in [0.1, 0.15) is 25.3 Å². The minimum atomic E-state index is -0.144.